The molecule has 0 spiro atoms. The van der Waals surface area contributed by atoms with E-state index in [4.69, 9.17) is 4.74 Å². The summed E-state index contributed by atoms with van der Waals surface area (Å²) < 4.78 is 5.12. The molecule has 0 amide bonds. The molecule has 2 aromatic rings. The molecule has 0 aliphatic carbocycles. The molecular formula is C14H15NO2. The average Bonchev–Trinajstić information content (AvgIpc) is 2.38. The smallest absolute Gasteiger partial charge is 0.356 e. The van der Waals surface area contributed by atoms with Gasteiger partial charge in [0.2, 0.25) is 0 Å². The number of benzene rings is 1. The van der Waals surface area contributed by atoms with Crippen molar-refractivity contribution in [1.82, 2.24) is 4.98 Å². The molecule has 0 radical (unpaired) electrons. The standard InChI is InChI=1S/C14H15NO2/c1-2-3-8-17-14(16)13-9-11-6-4-5-7-12(11)10-15-13/h4-7,9-10H,2-3,8H2,1H3. The van der Waals surface area contributed by atoms with Crippen LogP contribution in [0.25, 0.3) is 10.8 Å². The maximum absolute atomic E-state index is 11.7. The number of esters is 1. The van der Waals surface area contributed by atoms with Crippen molar-refractivity contribution in [1.29, 1.82) is 0 Å². The second kappa shape index (κ2) is 5.43. The largest absolute Gasteiger partial charge is 0.461 e. The van der Waals surface area contributed by atoms with E-state index in [1.54, 1.807) is 12.3 Å². The Balaban J connectivity index is 2.15. The van der Waals surface area contributed by atoms with Crippen molar-refractivity contribution < 1.29 is 9.53 Å². The van der Waals surface area contributed by atoms with Crippen molar-refractivity contribution >= 4 is 16.7 Å². The number of carbonyl (C=O) groups excluding carboxylic acids is 1. The molecule has 0 unspecified atom stereocenters. The van der Waals surface area contributed by atoms with Crippen molar-refractivity contribution in [3.05, 3.63) is 42.2 Å². The maximum Gasteiger partial charge on any atom is 0.356 e. The average molecular weight is 229 g/mol. The fourth-order valence-electron chi connectivity index (χ4n) is 1.58. The van der Waals surface area contributed by atoms with E-state index in [9.17, 15) is 4.79 Å². The summed E-state index contributed by atoms with van der Waals surface area (Å²) in [4.78, 5) is 15.8. The second-order valence-corrected chi connectivity index (χ2v) is 3.91. The van der Waals surface area contributed by atoms with Crippen LogP contribution < -0.4 is 0 Å². The summed E-state index contributed by atoms with van der Waals surface area (Å²) in [6.07, 6.45) is 3.60. The number of ether oxygens (including phenoxy) is 1. The molecule has 1 aromatic heterocycles. The van der Waals surface area contributed by atoms with E-state index < -0.39 is 0 Å². The molecule has 0 saturated carbocycles. The molecule has 0 bridgehead atoms. The van der Waals surface area contributed by atoms with Gasteiger partial charge in [-0.3, -0.25) is 0 Å². The highest BCUT2D eigenvalue weighted by Crippen LogP contribution is 2.13. The Hall–Kier alpha value is -1.90. The first-order valence-corrected chi connectivity index (χ1v) is 5.83. The molecule has 1 aromatic carbocycles. The fourth-order valence-corrected chi connectivity index (χ4v) is 1.58. The van der Waals surface area contributed by atoms with E-state index in [2.05, 4.69) is 11.9 Å². The van der Waals surface area contributed by atoms with Crippen LogP contribution in [0.4, 0.5) is 0 Å². The summed E-state index contributed by atoms with van der Waals surface area (Å²) in [5, 5.41) is 2.03. The van der Waals surface area contributed by atoms with Crippen molar-refractivity contribution in [3.8, 4) is 0 Å². The molecule has 3 nitrogen and oxygen atoms in total. The fraction of sp³-hybridized carbons (Fsp3) is 0.286. The van der Waals surface area contributed by atoms with Crippen molar-refractivity contribution in [2.75, 3.05) is 6.61 Å². The molecule has 2 rings (SSSR count). The van der Waals surface area contributed by atoms with Crippen LogP contribution in [0.5, 0.6) is 0 Å². The number of unbranched alkanes of at least 4 members (excludes halogenated alkanes) is 1. The van der Waals surface area contributed by atoms with Gasteiger partial charge in [-0.15, -0.1) is 0 Å². The molecule has 0 N–H and O–H groups in total. The van der Waals surface area contributed by atoms with Gasteiger partial charge in [-0.2, -0.15) is 0 Å². The SMILES string of the molecule is CCCCOC(=O)c1cc2ccccc2cn1. The lowest BCUT2D eigenvalue weighted by Gasteiger charge is -2.04. The molecule has 0 saturated heterocycles. The molecule has 17 heavy (non-hydrogen) atoms. The van der Waals surface area contributed by atoms with Crippen molar-refractivity contribution in [2.24, 2.45) is 0 Å². The van der Waals surface area contributed by atoms with Crippen LogP contribution in [-0.2, 0) is 4.74 Å². The number of carbonyl (C=O) groups is 1. The summed E-state index contributed by atoms with van der Waals surface area (Å²) in [5.74, 6) is -0.343. The molecule has 0 atom stereocenters. The first-order valence-electron chi connectivity index (χ1n) is 5.83. The number of nitrogens with zero attached hydrogens (tertiary/aromatic N) is 1. The van der Waals surface area contributed by atoms with E-state index in [1.807, 2.05) is 24.3 Å². The summed E-state index contributed by atoms with van der Waals surface area (Å²) in [5.41, 5.74) is 0.375. The Labute approximate surface area is 100 Å². The van der Waals surface area contributed by atoms with Crippen LogP contribution in [0.3, 0.4) is 0 Å². The predicted octanol–water partition coefficient (Wildman–Crippen LogP) is 3.19. The molecule has 0 aliphatic heterocycles. The van der Waals surface area contributed by atoms with Crippen LogP contribution in [0, 0.1) is 0 Å². The first kappa shape index (κ1) is 11.6. The van der Waals surface area contributed by atoms with Gasteiger partial charge in [-0.05, 0) is 17.9 Å². The minimum atomic E-state index is -0.343. The quantitative estimate of drug-likeness (QED) is 0.597. The molecule has 0 aliphatic rings. The zero-order chi connectivity index (χ0) is 12.1. The minimum Gasteiger partial charge on any atom is -0.461 e. The lowest BCUT2D eigenvalue weighted by molar-refractivity contribution is 0.0493. The van der Waals surface area contributed by atoms with Gasteiger partial charge in [0.05, 0.1) is 6.61 Å². The second-order valence-electron chi connectivity index (χ2n) is 3.91. The van der Waals surface area contributed by atoms with Gasteiger partial charge < -0.3 is 4.74 Å². The number of aromatic nitrogens is 1. The van der Waals surface area contributed by atoms with Gasteiger partial charge in [0.15, 0.2) is 0 Å². The maximum atomic E-state index is 11.7. The third-order valence-electron chi connectivity index (χ3n) is 2.57. The zero-order valence-electron chi connectivity index (χ0n) is 9.85. The van der Waals surface area contributed by atoms with Crippen LogP contribution in [0.1, 0.15) is 30.3 Å². The summed E-state index contributed by atoms with van der Waals surface area (Å²) in [7, 11) is 0. The number of pyridine rings is 1. The third-order valence-corrected chi connectivity index (χ3v) is 2.57. The van der Waals surface area contributed by atoms with Crippen LogP contribution in [0.15, 0.2) is 36.5 Å². The monoisotopic (exact) mass is 229 g/mol. The van der Waals surface area contributed by atoms with Crippen molar-refractivity contribution in [3.63, 3.8) is 0 Å². The Kier molecular flexibility index (Phi) is 3.70. The van der Waals surface area contributed by atoms with E-state index >= 15 is 0 Å². The molecule has 1 heterocycles. The van der Waals surface area contributed by atoms with Gasteiger partial charge in [0.25, 0.3) is 0 Å². The zero-order valence-corrected chi connectivity index (χ0v) is 9.85. The molecular weight excluding hydrogens is 214 g/mol. The van der Waals surface area contributed by atoms with Crippen molar-refractivity contribution in [2.45, 2.75) is 19.8 Å². The summed E-state index contributed by atoms with van der Waals surface area (Å²) in [6.45, 7) is 2.52. The lowest BCUT2D eigenvalue weighted by atomic mass is 10.1. The normalized spacial score (nSPS) is 10.4. The highest BCUT2D eigenvalue weighted by molar-refractivity contribution is 5.92. The van der Waals surface area contributed by atoms with Crippen LogP contribution >= 0.6 is 0 Å². The van der Waals surface area contributed by atoms with Gasteiger partial charge in [0, 0.05) is 11.6 Å². The highest BCUT2D eigenvalue weighted by Gasteiger charge is 2.08. The van der Waals surface area contributed by atoms with Gasteiger partial charge >= 0.3 is 5.97 Å². The van der Waals surface area contributed by atoms with E-state index in [1.165, 1.54) is 0 Å². The van der Waals surface area contributed by atoms with Crippen LogP contribution in [0.2, 0.25) is 0 Å². The Bertz CT molecular complexity index is 522. The molecule has 88 valence electrons. The summed E-state index contributed by atoms with van der Waals surface area (Å²) in [6, 6.07) is 9.58. The lowest BCUT2D eigenvalue weighted by Crippen LogP contribution is -2.08. The van der Waals surface area contributed by atoms with E-state index in [0.29, 0.717) is 12.3 Å². The molecule has 0 fully saturated rings. The topological polar surface area (TPSA) is 39.2 Å². The Morgan fingerprint density at radius 1 is 1.29 bits per heavy atom. The predicted molar refractivity (Wildman–Crippen MR) is 66.9 cm³/mol. The minimum absolute atomic E-state index is 0.343. The van der Waals surface area contributed by atoms with Gasteiger partial charge in [-0.25, -0.2) is 9.78 Å². The van der Waals surface area contributed by atoms with Crippen LogP contribution in [-0.4, -0.2) is 17.6 Å². The first-order chi connectivity index (χ1) is 8.31. The third kappa shape index (κ3) is 2.81. The number of rotatable bonds is 4. The number of fused-ring (bicyclic) bond motifs is 1. The number of hydrogen-bond donors (Lipinski definition) is 0. The Morgan fingerprint density at radius 2 is 2.06 bits per heavy atom. The Morgan fingerprint density at radius 3 is 2.82 bits per heavy atom. The summed E-state index contributed by atoms with van der Waals surface area (Å²) >= 11 is 0. The molecule has 3 heteroatoms. The highest BCUT2D eigenvalue weighted by atomic mass is 16.5. The van der Waals surface area contributed by atoms with E-state index in [-0.39, 0.29) is 5.97 Å². The van der Waals surface area contributed by atoms with Gasteiger partial charge in [-0.1, -0.05) is 37.6 Å². The van der Waals surface area contributed by atoms with Gasteiger partial charge in [0.1, 0.15) is 5.69 Å². The number of hydrogen-bond acceptors (Lipinski definition) is 3. The van der Waals surface area contributed by atoms with E-state index in [0.717, 1.165) is 23.6 Å².